The zero-order chi connectivity index (χ0) is 13.3. The average Bonchev–Trinajstić information content (AvgIpc) is 2.43. The van der Waals surface area contributed by atoms with Gasteiger partial charge in [-0.2, -0.15) is 0 Å². The minimum absolute atomic E-state index is 0.255. The summed E-state index contributed by atoms with van der Waals surface area (Å²) in [5, 5.41) is 0. The van der Waals surface area contributed by atoms with Crippen LogP contribution in [0.1, 0.15) is 38.5 Å². The first kappa shape index (κ1) is 15.9. The summed E-state index contributed by atoms with van der Waals surface area (Å²) in [6.07, 6.45) is 7.60. The van der Waals surface area contributed by atoms with E-state index in [-0.39, 0.29) is 5.54 Å². The number of hydrogen-bond donors (Lipinski definition) is 1. The Labute approximate surface area is 112 Å². The van der Waals surface area contributed by atoms with Gasteiger partial charge in [0.2, 0.25) is 0 Å². The lowest BCUT2D eigenvalue weighted by Crippen LogP contribution is -2.53. The number of ether oxygens (including phenoxy) is 2. The quantitative estimate of drug-likeness (QED) is 0.639. The van der Waals surface area contributed by atoms with Crippen molar-refractivity contribution in [2.45, 2.75) is 44.1 Å². The topological polar surface area (TPSA) is 47.7 Å². The normalized spacial score (nSPS) is 19.3. The molecule has 18 heavy (non-hydrogen) atoms. The molecule has 108 valence electrons. The lowest BCUT2D eigenvalue weighted by Gasteiger charge is -2.44. The molecule has 0 saturated heterocycles. The lowest BCUT2D eigenvalue weighted by molar-refractivity contribution is 0.0477. The zero-order valence-corrected chi connectivity index (χ0v) is 12.1. The molecule has 0 aliphatic heterocycles. The lowest BCUT2D eigenvalue weighted by atomic mass is 9.80. The van der Waals surface area contributed by atoms with Crippen molar-refractivity contribution in [3.8, 4) is 0 Å². The maximum absolute atomic E-state index is 6.02. The van der Waals surface area contributed by atoms with Crippen molar-refractivity contribution in [1.29, 1.82) is 0 Å². The minimum Gasteiger partial charge on any atom is -0.382 e. The second kappa shape index (κ2) is 8.86. The maximum atomic E-state index is 6.02. The standard InChI is InChI=1S/C14H30N2O2/c1-16(9-6-10-18-12-11-17-2)14(13-15)7-4-3-5-8-14/h3-13,15H2,1-2H3. The number of nitrogens with two attached hydrogens (primary N) is 1. The average molecular weight is 258 g/mol. The van der Waals surface area contributed by atoms with Gasteiger partial charge >= 0.3 is 0 Å². The SMILES string of the molecule is COCCOCCCN(C)C1(CN)CCCCC1. The molecule has 0 bridgehead atoms. The molecule has 0 aromatic heterocycles. The number of rotatable bonds is 9. The van der Waals surface area contributed by atoms with E-state index in [1.807, 2.05) is 0 Å². The van der Waals surface area contributed by atoms with Crippen LogP contribution in [0.3, 0.4) is 0 Å². The first-order chi connectivity index (χ1) is 8.75. The van der Waals surface area contributed by atoms with Crippen LogP contribution in [-0.2, 0) is 9.47 Å². The summed E-state index contributed by atoms with van der Waals surface area (Å²) in [4.78, 5) is 2.46. The number of hydrogen-bond acceptors (Lipinski definition) is 4. The van der Waals surface area contributed by atoms with Gasteiger partial charge in [-0.1, -0.05) is 19.3 Å². The highest BCUT2D eigenvalue weighted by atomic mass is 16.5. The van der Waals surface area contributed by atoms with Crippen LogP contribution in [-0.4, -0.2) is 57.5 Å². The number of likely N-dealkylation sites (N-methyl/N-ethyl adjacent to an activating group) is 1. The van der Waals surface area contributed by atoms with Crippen LogP contribution in [0.2, 0.25) is 0 Å². The minimum atomic E-state index is 0.255. The highest BCUT2D eigenvalue weighted by Crippen LogP contribution is 2.31. The van der Waals surface area contributed by atoms with E-state index in [0.29, 0.717) is 13.2 Å². The molecule has 1 rings (SSSR count). The molecule has 0 radical (unpaired) electrons. The van der Waals surface area contributed by atoms with Crippen LogP contribution < -0.4 is 5.73 Å². The third-order valence-corrected chi connectivity index (χ3v) is 4.19. The molecule has 0 aromatic rings. The third kappa shape index (κ3) is 4.84. The van der Waals surface area contributed by atoms with Crippen molar-refractivity contribution >= 4 is 0 Å². The summed E-state index contributed by atoms with van der Waals surface area (Å²) in [6.45, 7) is 4.05. The van der Waals surface area contributed by atoms with Crippen LogP contribution in [0.15, 0.2) is 0 Å². The Hall–Kier alpha value is -0.160. The van der Waals surface area contributed by atoms with Crippen molar-refractivity contribution in [3.05, 3.63) is 0 Å². The second-order valence-electron chi connectivity index (χ2n) is 5.37. The summed E-state index contributed by atoms with van der Waals surface area (Å²) in [5.74, 6) is 0. The van der Waals surface area contributed by atoms with Gasteiger partial charge in [0.05, 0.1) is 13.2 Å². The van der Waals surface area contributed by atoms with E-state index in [9.17, 15) is 0 Å². The van der Waals surface area contributed by atoms with Crippen molar-refractivity contribution in [2.75, 3.05) is 47.1 Å². The van der Waals surface area contributed by atoms with Gasteiger partial charge in [-0.25, -0.2) is 0 Å². The molecule has 0 spiro atoms. The predicted molar refractivity (Wildman–Crippen MR) is 74.8 cm³/mol. The second-order valence-corrected chi connectivity index (χ2v) is 5.37. The van der Waals surface area contributed by atoms with Gasteiger partial charge < -0.3 is 15.2 Å². The van der Waals surface area contributed by atoms with E-state index < -0.39 is 0 Å². The number of nitrogens with zero attached hydrogens (tertiary/aromatic N) is 1. The Kier molecular flexibility index (Phi) is 7.82. The van der Waals surface area contributed by atoms with Gasteiger partial charge in [0.15, 0.2) is 0 Å². The van der Waals surface area contributed by atoms with Crippen molar-refractivity contribution < 1.29 is 9.47 Å². The first-order valence-electron chi connectivity index (χ1n) is 7.23. The summed E-state index contributed by atoms with van der Waals surface area (Å²) >= 11 is 0. The van der Waals surface area contributed by atoms with E-state index in [1.54, 1.807) is 7.11 Å². The molecule has 0 amide bonds. The van der Waals surface area contributed by atoms with E-state index in [0.717, 1.165) is 26.1 Å². The molecule has 0 atom stereocenters. The Bertz CT molecular complexity index is 206. The van der Waals surface area contributed by atoms with Gasteiger partial charge in [-0.15, -0.1) is 0 Å². The highest BCUT2D eigenvalue weighted by Gasteiger charge is 2.34. The van der Waals surface area contributed by atoms with Crippen molar-refractivity contribution in [3.63, 3.8) is 0 Å². The van der Waals surface area contributed by atoms with Crippen LogP contribution in [0.5, 0.6) is 0 Å². The Morgan fingerprint density at radius 3 is 2.44 bits per heavy atom. The molecule has 1 aliphatic carbocycles. The molecule has 4 heteroatoms. The van der Waals surface area contributed by atoms with Crippen LogP contribution in [0.25, 0.3) is 0 Å². The molecule has 0 heterocycles. The molecule has 2 N–H and O–H groups in total. The molecular formula is C14H30N2O2. The summed E-state index contributed by atoms with van der Waals surface area (Å²) in [5.41, 5.74) is 6.27. The van der Waals surface area contributed by atoms with Gasteiger partial charge in [0.1, 0.15) is 0 Å². The molecule has 1 aliphatic rings. The van der Waals surface area contributed by atoms with E-state index in [4.69, 9.17) is 15.2 Å². The molecule has 1 saturated carbocycles. The maximum Gasteiger partial charge on any atom is 0.0700 e. The van der Waals surface area contributed by atoms with E-state index >= 15 is 0 Å². The van der Waals surface area contributed by atoms with Crippen LogP contribution in [0, 0.1) is 0 Å². The zero-order valence-electron chi connectivity index (χ0n) is 12.1. The summed E-state index contributed by atoms with van der Waals surface area (Å²) in [6, 6.07) is 0. The van der Waals surface area contributed by atoms with Crippen molar-refractivity contribution in [2.24, 2.45) is 5.73 Å². The number of methoxy groups -OCH3 is 1. The summed E-state index contributed by atoms with van der Waals surface area (Å²) in [7, 11) is 3.92. The van der Waals surface area contributed by atoms with Gasteiger partial charge in [-0.05, 0) is 26.3 Å². The van der Waals surface area contributed by atoms with Gasteiger partial charge in [0.25, 0.3) is 0 Å². The fraction of sp³-hybridized carbons (Fsp3) is 1.00. The van der Waals surface area contributed by atoms with Gasteiger partial charge in [-0.3, -0.25) is 4.90 Å². The third-order valence-electron chi connectivity index (χ3n) is 4.19. The van der Waals surface area contributed by atoms with Gasteiger partial charge in [0, 0.05) is 32.3 Å². The van der Waals surface area contributed by atoms with Crippen LogP contribution in [0.4, 0.5) is 0 Å². The Balaban J connectivity index is 2.19. The molecule has 0 aromatic carbocycles. The highest BCUT2D eigenvalue weighted by molar-refractivity contribution is 4.92. The largest absolute Gasteiger partial charge is 0.382 e. The fourth-order valence-corrected chi connectivity index (χ4v) is 2.84. The van der Waals surface area contributed by atoms with E-state index in [2.05, 4.69) is 11.9 Å². The monoisotopic (exact) mass is 258 g/mol. The smallest absolute Gasteiger partial charge is 0.0700 e. The Morgan fingerprint density at radius 1 is 1.11 bits per heavy atom. The predicted octanol–water partition coefficient (Wildman–Crippen LogP) is 1.63. The molecular weight excluding hydrogens is 228 g/mol. The molecule has 4 nitrogen and oxygen atoms in total. The first-order valence-corrected chi connectivity index (χ1v) is 7.23. The van der Waals surface area contributed by atoms with E-state index in [1.165, 1.54) is 32.1 Å². The van der Waals surface area contributed by atoms with Crippen LogP contribution >= 0.6 is 0 Å². The Morgan fingerprint density at radius 2 is 1.83 bits per heavy atom. The molecule has 0 unspecified atom stereocenters. The fourth-order valence-electron chi connectivity index (χ4n) is 2.84. The molecule has 1 fully saturated rings. The van der Waals surface area contributed by atoms with Crippen molar-refractivity contribution in [1.82, 2.24) is 4.90 Å². The summed E-state index contributed by atoms with van der Waals surface area (Å²) < 4.78 is 10.4.